The first-order chi connectivity index (χ1) is 7.26. The predicted octanol–water partition coefficient (Wildman–Crippen LogP) is 1.88. The maximum atomic E-state index is 10.6. The second-order valence-electron chi connectivity index (χ2n) is 5.47. The van der Waals surface area contributed by atoms with Crippen molar-refractivity contribution in [1.29, 1.82) is 0 Å². The molecule has 2 aliphatic heterocycles. The fourth-order valence-electron chi connectivity index (χ4n) is 3.17. The summed E-state index contributed by atoms with van der Waals surface area (Å²) in [5.41, 5.74) is 1.72. The molecule has 0 aromatic carbocycles. The minimum absolute atomic E-state index is 0.0837. The number of rotatable bonds is 2. The van der Waals surface area contributed by atoms with E-state index in [1.807, 2.05) is 6.92 Å². The van der Waals surface area contributed by atoms with Crippen LogP contribution in [0.5, 0.6) is 0 Å². The van der Waals surface area contributed by atoms with Crippen LogP contribution in [0.15, 0.2) is 0 Å². The maximum absolute atomic E-state index is 10.6. The van der Waals surface area contributed by atoms with Crippen LogP contribution in [0, 0.1) is 16.0 Å². The topological polar surface area (TPSA) is 64.4 Å². The predicted molar refractivity (Wildman–Crippen MR) is 62.9 cm³/mol. The molecule has 0 aromatic rings. The SMILES string of the molecule is CC1(C)OC2(C)CCC1C(Br)C2N[N+](=O)[O-]. The average Bonchev–Trinajstić information content (AvgIpc) is 2.09. The Bertz CT molecular complexity index is 323. The highest BCUT2D eigenvalue weighted by Gasteiger charge is 2.60. The first-order valence-corrected chi connectivity index (χ1v) is 6.43. The molecule has 4 unspecified atom stereocenters. The molecule has 3 aliphatic rings. The third kappa shape index (κ3) is 1.72. The van der Waals surface area contributed by atoms with Crippen molar-refractivity contribution in [3.63, 3.8) is 0 Å². The average molecular weight is 293 g/mol. The molecule has 1 aliphatic carbocycles. The number of ether oxygens (including phenoxy) is 1. The lowest BCUT2D eigenvalue weighted by Gasteiger charge is -2.58. The van der Waals surface area contributed by atoms with Gasteiger partial charge in [0.2, 0.25) is 0 Å². The number of halogens is 1. The molecule has 16 heavy (non-hydrogen) atoms. The Morgan fingerprint density at radius 1 is 1.50 bits per heavy atom. The van der Waals surface area contributed by atoms with Gasteiger partial charge >= 0.3 is 0 Å². The molecular weight excluding hydrogens is 276 g/mol. The molecule has 92 valence electrons. The summed E-state index contributed by atoms with van der Waals surface area (Å²) < 4.78 is 6.05. The summed E-state index contributed by atoms with van der Waals surface area (Å²) in [4.78, 5) is 10.7. The lowest BCUT2D eigenvalue weighted by molar-refractivity contribution is -0.558. The second kappa shape index (κ2) is 3.57. The molecule has 4 atom stereocenters. The van der Waals surface area contributed by atoms with Gasteiger partial charge in [0.05, 0.1) is 11.2 Å². The molecule has 1 N–H and O–H groups in total. The Morgan fingerprint density at radius 2 is 2.12 bits per heavy atom. The van der Waals surface area contributed by atoms with Gasteiger partial charge in [-0.25, -0.2) is 10.1 Å². The zero-order valence-corrected chi connectivity index (χ0v) is 11.3. The van der Waals surface area contributed by atoms with Gasteiger partial charge < -0.3 is 4.74 Å². The number of fused-ring (bicyclic) bond motifs is 3. The third-order valence-electron chi connectivity index (χ3n) is 3.95. The van der Waals surface area contributed by atoms with E-state index in [0.29, 0.717) is 5.92 Å². The summed E-state index contributed by atoms with van der Waals surface area (Å²) in [6.07, 6.45) is 1.92. The molecule has 5 nitrogen and oxygen atoms in total. The van der Waals surface area contributed by atoms with E-state index in [4.69, 9.17) is 4.74 Å². The van der Waals surface area contributed by atoms with Gasteiger partial charge in [0.15, 0.2) is 5.03 Å². The Morgan fingerprint density at radius 3 is 2.56 bits per heavy atom. The number of nitrogens with zero attached hydrogens (tertiary/aromatic N) is 1. The fraction of sp³-hybridized carbons (Fsp3) is 1.00. The molecule has 2 bridgehead atoms. The summed E-state index contributed by atoms with van der Waals surface area (Å²) in [5.74, 6) is 0.312. The minimum Gasteiger partial charge on any atom is -0.367 e. The number of hydrogen-bond donors (Lipinski definition) is 1. The van der Waals surface area contributed by atoms with E-state index >= 15 is 0 Å². The van der Waals surface area contributed by atoms with Gasteiger partial charge in [-0.15, -0.1) is 5.43 Å². The van der Waals surface area contributed by atoms with Crippen LogP contribution < -0.4 is 5.43 Å². The number of nitrogens with one attached hydrogen (secondary N) is 1. The minimum atomic E-state index is -0.471. The van der Waals surface area contributed by atoms with E-state index in [2.05, 4.69) is 35.2 Å². The van der Waals surface area contributed by atoms with Crippen molar-refractivity contribution in [2.45, 2.75) is 55.7 Å². The Kier molecular flexibility index (Phi) is 2.70. The zero-order chi connectivity index (χ0) is 12.1. The van der Waals surface area contributed by atoms with E-state index in [-0.39, 0.29) is 16.5 Å². The first kappa shape index (κ1) is 12.1. The van der Waals surface area contributed by atoms with Gasteiger partial charge in [-0.2, -0.15) is 0 Å². The number of alkyl halides is 1. The first-order valence-electron chi connectivity index (χ1n) is 5.51. The summed E-state index contributed by atoms with van der Waals surface area (Å²) in [5, 5.41) is 10.1. The van der Waals surface area contributed by atoms with Gasteiger partial charge in [-0.05, 0) is 33.6 Å². The highest BCUT2D eigenvalue weighted by atomic mass is 79.9. The van der Waals surface area contributed by atoms with E-state index in [1.54, 1.807) is 0 Å². The largest absolute Gasteiger partial charge is 0.367 e. The van der Waals surface area contributed by atoms with Gasteiger partial charge in [-0.1, -0.05) is 15.9 Å². The summed E-state index contributed by atoms with van der Waals surface area (Å²) in [7, 11) is 0. The lowest BCUT2D eigenvalue weighted by atomic mass is 9.66. The summed E-state index contributed by atoms with van der Waals surface area (Å²) in [6.45, 7) is 6.08. The van der Waals surface area contributed by atoms with Crippen LogP contribution in [0.25, 0.3) is 0 Å². The molecular formula is C10H17BrN2O3. The van der Waals surface area contributed by atoms with Crippen LogP contribution in [0.4, 0.5) is 0 Å². The van der Waals surface area contributed by atoms with E-state index in [0.717, 1.165) is 12.8 Å². The normalized spacial score (nSPS) is 45.4. The van der Waals surface area contributed by atoms with Crippen LogP contribution in [0.1, 0.15) is 33.6 Å². The second-order valence-corrected chi connectivity index (χ2v) is 6.53. The van der Waals surface area contributed by atoms with Crippen molar-refractivity contribution in [1.82, 2.24) is 5.43 Å². The third-order valence-corrected chi connectivity index (χ3v) is 5.11. The van der Waals surface area contributed by atoms with Crippen molar-refractivity contribution in [2.75, 3.05) is 0 Å². The van der Waals surface area contributed by atoms with Gasteiger partial charge in [0.1, 0.15) is 6.04 Å². The molecule has 2 heterocycles. The van der Waals surface area contributed by atoms with E-state index in [9.17, 15) is 10.1 Å². The zero-order valence-electron chi connectivity index (χ0n) is 9.70. The van der Waals surface area contributed by atoms with Gasteiger partial charge in [0, 0.05) is 10.7 Å². The molecule has 3 rings (SSSR count). The van der Waals surface area contributed by atoms with Crippen LogP contribution in [0.2, 0.25) is 0 Å². The number of hydrazine groups is 1. The molecule has 0 amide bonds. The molecule has 0 spiro atoms. The summed E-state index contributed by atoms with van der Waals surface area (Å²) in [6, 6.07) is -0.269. The Labute approximate surface area is 103 Å². The van der Waals surface area contributed by atoms with Gasteiger partial charge in [0.25, 0.3) is 0 Å². The molecule has 0 aromatic heterocycles. The van der Waals surface area contributed by atoms with Crippen LogP contribution in [0.3, 0.4) is 0 Å². The summed E-state index contributed by atoms with van der Waals surface area (Å²) >= 11 is 3.60. The maximum Gasteiger partial charge on any atom is 0.157 e. The smallest absolute Gasteiger partial charge is 0.157 e. The molecule has 1 saturated carbocycles. The molecule has 2 saturated heterocycles. The van der Waals surface area contributed by atoms with E-state index in [1.165, 1.54) is 0 Å². The number of nitro groups is 1. The monoisotopic (exact) mass is 292 g/mol. The van der Waals surface area contributed by atoms with Crippen molar-refractivity contribution < 1.29 is 9.77 Å². The standard InChI is InChI=1S/C10H17BrN2O3/c1-9(2)6-4-5-10(3,16-9)8(7(6)11)12-13(14)15/h6-8,12H,4-5H2,1-3H3. The fourth-order valence-corrected chi connectivity index (χ4v) is 4.75. The van der Waals surface area contributed by atoms with Crippen molar-refractivity contribution >= 4 is 15.9 Å². The molecule has 0 radical (unpaired) electrons. The Hall–Kier alpha value is -0.360. The van der Waals surface area contributed by atoms with Crippen molar-refractivity contribution in [2.24, 2.45) is 5.92 Å². The van der Waals surface area contributed by atoms with Crippen LogP contribution >= 0.6 is 15.9 Å². The van der Waals surface area contributed by atoms with Crippen molar-refractivity contribution in [3.05, 3.63) is 10.1 Å². The lowest BCUT2D eigenvalue weighted by Crippen LogP contribution is -2.71. The Balaban J connectivity index is 2.27. The molecule has 3 fully saturated rings. The number of hydrogen-bond acceptors (Lipinski definition) is 3. The highest BCUT2D eigenvalue weighted by molar-refractivity contribution is 9.09. The quantitative estimate of drug-likeness (QED) is 0.479. The van der Waals surface area contributed by atoms with Crippen LogP contribution in [-0.2, 0) is 4.74 Å². The van der Waals surface area contributed by atoms with E-state index < -0.39 is 10.6 Å². The molecule has 6 heteroatoms. The van der Waals surface area contributed by atoms with Gasteiger partial charge in [-0.3, -0.25) is 0 Å². The highest BCUT2D eigenvalue weighted by Crippen LogP contribution is 2.51. The van der Waals surface area contributed by atoms with Crippen molar-refractivity contribution in [3.8, 4) is 0 Å². The van der Waals surface area contributed by atoms with Crippen LogP contribution in [-0.4, -0.2) is 27.1 Å².